The maximum absolute atomic E-state index is 16.0. The van der Waals surface area contributed by atoms with Crippen LogP contribution in [0, 0.1) is 5.41 Å². The number of carbonyl (C=O) groups is 2. The smallest absolute Gasteiger partial charge is 0.239 e. The summed E-state index contributed by atoms with van der Waals surface area (Å²) in [4.78, 5) is 31.2. The van der Waals surface area contributed by atoms with Gasteiger partial charge in [0.2, 0.25) is 11.8 Å². The Morgan fingerprint density at radius 1 is 0.508 bits per heavy atom. The summed E-state index contributed by atoms with van der Waals surface area (Å²) in [6, 6.07) is 43.6. The zero-order valence-electron chi connectivity index (χ0n) is 33.4. The number of aliphatic hydroxyl groups is 2. The summed E-state index contributed by atoms with van der Waals surface area (Å²) < 4.78 is 22.1. The van der Waals surface area contributed by atoms with Crippen LogP contribution in [0.1, 0.15) is 58.3 Å². The van der Waals surface area contributed by atoms with Crippen molar-refractivity contribution in [2.75, 3.05) is 28.4 Å². The maximum Gasteiger partial charge on any atom is 0.239 e. The number of methoxy groups -OCH3 is 4. The highest BCUT2D eigenvalue weighted by atomic mass is 16.5. The van der Waals surface area contributed by atoms with Gasteiger partial charge in [0.05, 0.1) is 40.5 Å². The lowest BCUT2D eigenvalue weighted by Gasteiger charge is -2.52. The quantitative estimate of drug-likeness (QED) is 0.0859. The fourth-order valence-electron chi connectivity index (χ4n) is 8.14. The summed E-state index contributed by atoms with van der Waals surface area (Å²) in [6.45, 7) is 0. The molecule has 1 saturated carbocycles. The average molecular weight is 793 g/mol. The number of amides is 2. The van der Waals surface area contributed by atoms with Crippen LogP contribution in [-0.2, 0) is 20.8 Å². The van der Waals surface area contributed by atoms with E-state index in [0.717, 1.165) is 0 Å². The van der Waals surface area contributed by atoms with E-state index < -0.39 is 40.5 Å². The third-order valence-corrected chi connectivity index (χ3v) is 11.6. The minimum absolute atomic E-state index is 0.188. The number of hydrogen-bond acceptors (Lipinski definition) is 8. The first-order valence-corrected chi connectivity index (χ1v) is 19.3. The van der Waals surface area contributed by atoms with Crippen molar-refractivity contribution in [3.8, 4) is 23.0 Å². The number of nitrogens with two attached hydrogens (primary N) is 1. The Bertz CT molecular complexity index is 2100. The second-order valence-corrected chi connectivity index (χ2v) is 14.7. The zero-order chi connectivity index (χ0) is 41.8. The van der Waals surface area contributed by atoms with Gasteiger partial charge in [-0.3, -0.25) is 9.59 Å². The van der Waals surface area contributed by atoms with Crippen LogP contribution in [0.15, 0.2) is 158 Å². The molecule has 0 radical (unpaired) electrons. The highest BCUT2D eigenvalue weighted by molar-refractivity contribution is 6.07. The Balaban J connectivity index is 1.64. The third-order valence-electron chi connectivity index (χ3n) is 11.6. The van der Waals surface area contributed by atoms with Gasteiger partial charge in [-0.25, -0.2) is 0 Å². The predicted octanol–water partition coefficient (Wildman–Crippen LogP) is 7.47. The van der Waals surface area contributed by atoms with Crippen molar-refractivity contribution in [3.63, 3.8) is 0 Å². The molecule has 0 saturated heterocycles. The molecule has 1 aliphatic carbocycles. The van der Waals surface area contributed by atoms with E-state index >= 15 is 4.79 Å². The van der Waals surface area contributed by atoms with Gasteiger partial charge in [-0.1, -0.05) is 109 Å². The van der Waals surface area contributed by atoms with Gasteiger partial charge in [0, 0.05) is 0 Å². The molecule has 0 spiro atoms. The average Bonchev–Trinajstić information content (AvgIpc) is 4.12. The Hall–Kier alpha value is -6.62. The zero-order valence-corrected chi connectivity index (χ0v) is 33.4. The van der Waals surface area contributed by atoms with Gasteiger partial charge >= 0.3 is 0 Å². The lowest BCUT2D eigenvalue weighted by molar-refractivity contribution is -0.163. The number of ether oxygens (including phenoxy) is 4. The Kier molecular flexibility index (Phi) is 11.5. The van der Waals surface area contributed by atoms with Gasteiger partial charge in [-0.15, -0.1) is 0 Å². The highest BCUT2D eigenvalue weighted by Crippen LogP contribution is 2.58. The summed E-state index contributed by atoms with van der Waals surface area (Å²) in [6.07, 6.45) is 0.376. The SMILES string of the molecule is COc1ccc(C(O)(c2ccc(OC)cc2)C(c2ccccc2)N(C(=O)C2(C(N)=O)CC2)C(c2ccccc2)C(O)(c2ccc(OC)cc2)c2ccc(OC)cc2)cc1. The van der Waals surface area contributed by atoms with Crippen molar-refractivity contribution in [2.45, 2.75) is 36.1 Å². The van der Waals surface area contributed by atoms with Gasteiger partial charge in [-0.05, 0) is 94.8 Å². The highest BCUT2D eigenvalue weighted by Gasteiger charge is 2.63. The van der Waals surface area contributed by atoms with Crippen LogP contribution in [0.2, 0.25) is 0 Å². The molecule has 0 aromatic heterocycles. The molecule has 10 heteroatoms. The lowest BCUT2D eigenvalue weighted by atomic mass is 9.71. The second kappa shape index (κ2) is 16.7. The fraction of sp³-hybridized carbons (Fsp3) is 0.224. The van der Waals surface area contributed by atoms with Crippen LogP contribution in [-0.4, -0.2) is 55.4 Å². The Morgan fingerprint density at radius 3 is 1.00 bits per heavy atom. The first-order chi connectivity index (χ1) is 28.5. The van der Waals surface area contributed by atoms with Gasteiger partial charge in [0.1, 0.15) is 39.6 Å². The molecule has 6 aromatic carbocycles. The topological polar surface area (TPSA) is 141 Å². The van der Waals surface area contributed by atoms with E-state index in [4.69, 9.17) is 24.7 Å². The van der Waals surface area contributed by atoms with Crippen LogP contribution in [0.4, 0.5) is 0 Å². The van der Waals surface area contributed by atoms with E-state index in [2.05, 4.69) is 0 Å². The number of hydrogen-bond donors (Lipinski definition) is 3. The molecule has 4 N–H and O–H groups in total. The summed E-state index contributed by atoms with van der Waals surface area (Å²) in [7, 11) is 6.22. The molecule has 0 aliphatic heterocycles. The third kappa shape index (κ3) is 7.37. The number of primary amides is 1. The minimum Gasteiger partial charge on any atom is -0.497 e. The van der Waals surface area contributed by atoms with Gasteiger partial charge in [0.15, 0.2) is 0 Å². The van der Waals surface area contributed by atoms with E-state index in [1.807, 2.05) is 60.7 Å². The molecule has 2 amide bonds. The molecule has 2 unspecified atom stereocenters. The van der Waals surface area contributed by atoms with E-state index in [1.54, 1.807) is 126 Å². The molecular formula is C49H48N2O8. The van der Waals surface area contributed by atoms with E-state index in [0.29, 0.717) is 56.4 Å². The molecule has 0 heterocycles. The molecule has 1 fully saturated rings. The van der Waals surface area contributed by atoms with E-state index in [-0.39, 0.29) is 12.8 Å². The molecule has 7 rings (SSSR count). The molecule has 10 nitrogen and oxygen atoms in total. The van der Waals surface area contributed by atoms with Crippen LogP contribution >= 0.6 is 0 Å². The fourth-order valence-corrected chi connectivity index (χ4v) is 8.14. The molecule has 0 bridgehead atoms. The largest absolute Gasteiger partial charge is 0.497 e. The monoisotopic (exact) mass is 792 g/mol. The standard InChI is InChI=1S/C49H48N2O8/c1-56-39-23-15-35(16-24-39)48(54,36-17-25-40(57-2)26-18-36)43(33-11-7-5-8-12-33)51(46(53)47(31-32-47)45(50)52)44(34-13-9-6-10-14-34)49(55,37-19-27-41(58-3)28-20-37)38-21-29-42(59-4)30-22-38/h5-30,43-44,54-55H,31-32H2,1-4H3,(H2,50,52). The van der Waals surface area contributed by atoms with Gasteiger partial charge in [0.25, 0.3) is 0 Å². The minimum atomic E-state index is -2.07. The second-order valence-electron chi connectivity index (χ2n) is 14.7. The summed E-state index contributed by atoms with van der Waals surface area (Å²) >= 11 is 0. The van der Waals surface area contributed by atoms with Crippen molar-refractivity contribution >= 4 is 11.8 Å². The maximum atomic E-state index is 16.0. The van der Waals surface area contributed by atoms with Crippen molar-refractivity contribution in [1.29, 1.82) is 0 Å². The summed E-state index contributed by atoms with van der Waals surface area (Å²) in [5, 5.41) is 28.1. The van der Waals surface area contributed by atoms with Crippen molar-refractivity contribution in [3.05, 3.63) is 191 Å². The predicted molar refractivity (Wildman–Crippen MR) is 224 cm³/mol. The molecule has 1 aliphatic rings. The normalized spacial score (nSPS) is 14.3. The molecule has 302 valence electrons. The summed E-state index contributed by atoms with van der Waals surface area (Å²) in [5.41, 5.74) is 3.06. The number of nitrogens with zero attached hydrogens (tertiary/aromatic N) is 1. The summed E-state index contributed by atoms with van der Waals surface area (Å²) in [5.74, 6) is 0.773. The van der Waals surface area contributed by atoms with Gasteiger partial charge < -0.3 is 39.8 Å². The van der Waals surface area contributed by atoms with E-state index in [1.165, 1.54) is 4.90 Å². The number of benzene rings is 6. The Labute approximate surface area is 344 Å². The Morgan fingerprint density at radius 2 is 0.780 bits per heavy atom. The van der Waals surface area contributed by atoms with Crippen molar-refractivity contribution < 1.29 is 38.7 Å². The number of rotatable bonds is 16. The first kappa shape index (κ1) is 40.6. The first-order valence-electron chi connectivity index (χ1n) is 19.3. The van der Waals surface area contributed by atoms with Crippen molar-refractivity contribution in [2.24, 2.45) is 11.1 Å². The van der Waals surface area contributed by atoms with Crippen LogP contribution in [0.25, 0.3) is 0 Å². The number of carbonyl (C=O) groups excluding carboxylic acids is 2. The van der Waals surface area contributed by atoms with Crippen LogP contribution < -0.4 is 24.7 Å². The molecule has 2 atom stereocenters. The van der Waals surface area contributed by atoms with Crippen LogP contribution in [0.3, 0.4) is 0 Å². The molecule has 59 heavy (non-hydrogen) atoms. The van der Waals surface area contributed by atoms with Gasteiger partial charge in [-0.2, -0.15) is 0 Å². The van der Waals surface area contributed by atoms with Crippen molar-refractivity contribution in [1.82, 2.24) is 4.90 Å². The van der Waals surface area contributed by atoms with Crippen LogP contribution in [0.5, 0.6) is 23.0 Å². The molecular weight excluding hydrogens is 745 g/mol. The molecule has 6 aromatic rings. The van der Waals surface area contributed by atoms with E-state index in [9.17, 15) is 15.0 Å². The lowest BCUT2D eigenvalue weighted by Crippen LogP contribution is -2.57.